The van der Waals surface area contributed by atoms with E-state index in [-0.39, 0.29) is 11.5 Å². The minimum Gasteiger partial charge on any atom is -0.382 e. The van der Waals surface area contributed by atoms with E-state index in [9.17, 15) is 4.79 Å². The van der Waals surface area contributed by atoms with Crippen molar-refractivity contribution in [1.82, 2.24) is 19.8 Å². The molecule has 1 aromatic carbocycles. The second-order valence-electron chi connectivity index (χ2n) is 8.14. The Bertz CT molecular complexity index is 1180. The predicted octanol–water partition coefficient (Wildman–Crippen LogP) is 1.65. The lowest BCUT2D eigenvalue weighted by Crippen LogP contribution is -2.36. The number of hydrogen-bond acceptors (Lipinski definition) is 8. The number of nitrogen functional groups attached to an aromatic ring is 1. The van der Waals surface area contributed by atoms with Crippen LogP contribution in [0.1, 0.15) is 21.6 Å². The van der Waals surface area contributed by atoms with Crippen LogP contribution < -0.4 is 16.0 Å². The molecule has 1 amide bonds. The minimum absolute atomic E-state index is 0.0739. The molecule has 5 rings (SSSR count). The number of carbonyl (C=O) groups excluding carboxylic acids is 1. The van der Waals surface area contributed by atoms with Crippen molar-refractivity contribution in [3.05, 3.63) is 59.7 Å². The van der Waals surface area contributed by atoms with Gasteiger partial charge < -0.3 is 25.5 Å². The van der Waals surface area contributed by atoms with E-state index >= 15 is 0 Å². The Morgan fingerprint density at radius 1 is 1.12 bits per heavy atom. The number of nitrogens with two attached hydrogens (primary N) is 1. The van der Waals surface area contributed by atoms with Crippen molar-refractivity contribution in [3.8, 4) is 11.3 Å². The maximum absolute atomic E-state index is 13.1. The van der Waals surface area contributed by atoms with E-state index in [0.29, 0.717) is 31.1 Å². The zero-order valence-electron chi connectivity index (χ0n) is 18.2. The summed E-state index contributed by atoms with van der Waals surface area (Å²) in [5, 5.41) is 2.91. The third kappa shape index (κ3) is 4.53. The van der Waals surface area contributed by atoms with Crippen molar-refractivity contribution in [2.45, 2.75) is 13.0 Å². The molecule has 4 heterocycles. The van der Waals surface area contributed by atoms with E-state index in [0.717, 1.165) is 37.3 Å². The van der Waals surface area contributed by atoms with Crippen LogP contribution in [0.2, 0.25) is 0 Å². The van der Waals surface area contributed by atoms with Gasteiger partial charge in [-0.05, 0) is 36.2 Å². The first-order valence-corrected chi connectivity index (χ1v) is 10.9. The highest BCUT2D eigenvalue weighted by molar-refractivity contribution is 6.07. The van der Waals surface area contributed by atoms with Crippen molar-refractivity contribution >= 4 is 31.1 Å². The van der Waals surface area contributed by atoms with Gasteiger partial charge in [0.15, 0.2) is 19.5 Å². The lowest BCUT2D eigenvalue weighted by atomic mass is 9.95. The lowest BCUT2D eigenvalue weighted by molar-refractivity contribution is 0.102. The molecule has 166 valence electrons. The van der Waals surface area contributed by atoms with Crippen LogP contribution in [0.15, 0.2) is 42.9 Å². The molecule has 2 aliphatic rings. The predicted molar refractivity (Wildman–Crippen MR) is 127 cm³/mol. The minimum atomic E-state index is -0.430. The lowest BCUT2D eigenvalue weighted by Gasteiger charge is -2.30. The first-order chi connectivity index (χ1) is 16.1. The highest BCUT2D eigenvalue weighted by Crippen LogP contribution is 2.28. The summed E-state index contributed by atoms with van der Waals surface area (Å²) >= 11 is 0. The summed E-state index contributed by atoms with van der Waals surface area (Å²) in [6.45, 7) is 4.27. The highest BCUT2D eigenvalue weighted by atomic mass is 16.5. The fourth-order valence-corrected chi connectivity index (χ4v) is 4.18. The van der Waals surface area contributed by atoms with Gasteiger partial charge in [0, 0.05) is 31.4 Å². The number of amides is 1. The van der Waals surface area contributed by atoms with Crippen LogP contribution in [0.25, 0.3) is 11.3 Å². The molecule has 0 saturated carbocycles. The number of rotatable bonds is 4. The number of benzene rings is 1. The van der Waals surface area contributed by atoms with Gasteiger partial charge in [-0.3, -0.25) is 9.78 Å². The monoisotopic (exact) mass is 441 g/mol. The molecule has 2 aliphatic heterocycles. The number of aromatic nitrogens is 3. The number of anilines is 3. The summed E-state index contributed by atoms with van der Waals surface area (Å²) in [5.74, 6) is -0.356. The van der Waals surface area contributed by atoms with Gasteiger partial charge in [-0.2, -0.15) is 0 Å². The molecule has 0 atom stereocenters. The highest BCUT2D eigenvalue weighted by Gasteiger charge is 2.20. The van der Waals surface area contributed by atoms with E-state index in [1.165, 1.54) is 11.1 Å². The summed E-state index contributed by atoms with van der Waals surface area (Å²) in [4.78, 5) is 30.1. The Hall–Kier alpha value is -3.50. The fourth-order valence-electron chi connectivity index (χ4n) is 4.18. The normalized spacial score (nSPS) is 16.3. The van der Waals surface area contributed by atoms with Gasteiger partial charge >= 0.3 is 0 Å². The number of nitrogens with zero attached hydrogens (tertiary/aromatic N) is 5. The van der Waals surface area contributed by atoms with Crippen molar-refractivity contribution in [3.63, 3.8) is 0 Å². The molecular formula is C23H24BN7O2. The molecule has 33 heavy (non-hydrogen) atoms. The SMILES string of the molecule is [B]N1CCc2cc(-c3cnc(N)c(C(=O)Nc4cnccc4N4CCOCC4)n3)ccc2C1. The van der Waals surface area contributed by atoms with Crippen LogP contribution >= 0.6 is 0 Å². The Morgan fingerprint density at radius 2 is 1.97 bits per heavy atom. The van der Waals surface area contributed by atoms with Crippen molar-refractivity contribution in [1.29, 1.82) is 0 Å². The Kier molecular flexibility index (Phi) is 5.93. The van der Waals surface area contributed by atoms with Gasteiger partial charge in [0.1, 0.15) is 0 Å². The summed E-state index contributed by atoms with van der Waals surface area (Å²) < 4.78 is 5.43. The molecule has 0 aliphatic carbocycles. The average Bonchev–Trinajstić information content (AvgIpc) is 2.85. The summed E-state index contributed by atoms with van der Waals surface area (Å²) in [6, 6.07) is 7.98. The van der Waals surface area contributed by atoms with Crippen LogP contribution in [0, 0.1) is 0 Å². The van der Waals surface area contributed by atoms with Crippen molar-refractivity contribution < 1.29 is 9.53 Å². The van der Waals surface area contributed by atoms with Crippen LogP contribution in [-0.2, 0) is 17.7 Å². The zero-order chi connectivity index (χ0) is 22.8. The molecule has 0 spiro atoms. The second-order valence-corrected chi connectivity index (χ2v) is 8.14. The number of ether oxygens (including phenoxy) is 1. The first-order valence-electron chi connectivity index (χ1n) is 10.9. The summed E-state index contributed by atoms with van der Waals surface area (Å²) in [5.41, 5.74) is 11.5. The summed E-state index contributed by atoms with van der Waals surface area (Å²) in [7, 11) is 5.93. The molecule has 1 saturated heterocycles. The third-order valence-corrected chi connectivity index (χ3v) is 5.96. The second kappa shape index (κ2) is 9.17. The number of carbonyl (C=O) groups is 1. The number of fused-ring (bicyclic) bond motifs is 1. The first kappa shape index (κ1) is 21.4. The van der Waals surface area contributed by atoms with Gasteiger partial charge in [0.25, 0.3) is 5.91 Å². The van der Waals surface area contributed by atoms with Crippen molar-refractivity contribution in [2.24, 2.45) is 0 Å². The average molecular weight is 441 g/mol. The summed E-state index contributed by atoms with van der Waals surface area (Å²) in [6.07, 6.45) is 5.78. The molecule has 2 radical (unpaired) electrons. The quantitative estimate of drug-likeness (QED) is 0.589. The number of nitrogens with one attached hydrogen (secondary N) is 1. The Balaban J connectivity index is 1.41. The maximum atomic E-state index is 13.1. The van der Waals surface area contributed by atoms with E-state index in [1.54, 1.807) is 23.4 Å². The van der Waals surface area contributed by atoms with E-state index in [2.05, 4.69) is 31.2 Å². The molecule has 10 heteroatoms. The van der Waals surface area contributed by atoms with Crippen LogP contribution in [0.4, 0.5) is 17.2 Å². The topological polar surface area (TPSA) is 110 Å². The third-order valence-electron chi connectivity index (χ3n) is 5.96. The van der Waals surface area contributed by atoms with E-state index < -0.39 is 5.91 Å². The van der Waals surface area contributed by atoms with Crippen molar-refractivity contribution in [2.75, 3.05) is 48.8 Å². The van der Waals surface area contributed by atoms with Crippen LogP contribution in [0.3, 0.4) is 0 Å². The molecule has 0 bridgehead atoms. The zero-order valence-corrected chi connectivity index (χ0v) is 18.2. The van der Waals surface area contributed by atoms with Gasteiger partial charge in [-0.25, -0.2) is 9.97 Å². The number of hydrogen-bond donors (Lipinski definition) is 2. The number of pyridine rings is 1. The fraction of sp³-hybridized carbons (Fsp3) is 0.304. The van der Waals surface area contributed by atoms with Gasteiger partial charge in [0.05, 0.1) is 42.7 Å². The standard InChI is InChI=1S/C23H24BN7O2/c24-31-6-4-15-11-16(1-2-17(15)14-31)18-13-27-22(25)21(28-18)23(32)29-19-12-26-5-3-20(19)30-7-9-33-10-8-30/h1-3,5,11-13H,4,6-10,14H2,(H2,25,27)(H,29,32). The van der Waals surface area contributed by atoms with Crippen LogP contribution in [-0.4, -0.2) is 66.5 Å². The molecule has 9 nitrogen and oxygen atoms in total. The molecule has 3 aromatic rings. The molecular weight excluding hydrogens is 417 g/mol. The molecule has 1 fully saturated rings. The van der Waals surface area contributed by atoms with E-state index in [4.69, 9.17) is 18.5 Å². The molecule has 3 N–H and O–H groups in total. The smallest absolute Gasteiger partial charge is 0.278 e. The Labute approximate surface area is 193 Å². The maximum Gasteiger partial charge on any atom is 0.278 e. The molecule has 2 aromatic heterocycles. The van der Waals surface area contributed by atoms with Gasteiger partial charge in [0.2, 0.25) is 0 Å². The largest absolute Gasteiger partial charge is 0.382 e. The van der Waals surface area contributed by atoms with Crippen LogP contribution in [0.5, 0.6) is 0 Å². The Morgan fingerprint density at radius 3 is 2.82 bits per heavy atom. The number of morpholine rings is 1. The van der Waals surface area contributed by atoms with Gasteiger partial charge in [-0.15, -0.1) is 0 Å². The van der Waals surface area contributed by atoms with Gasteiger partial charge in [-0.1, -0.05) is 12.1 Å². The molecule has 0 unspecified atom stereocenters. The van der Waals surface area contributed by atoms with E-state index in [1.807, 2.05) is 18.2 Å².